The van der Waals surface area contributed by atoms with Crippen LogP contribution in [0.5, 0.6) is 0 Å². The maximum atomic E-state index is 5.75. The number of hydrogen-bond donors (Lipinski definition) is 1. The lowest BCUT2D eigenvalue weighted by atomic mass is 9.80. The Hall–Kier alpha value is -1.03. The first kappa shape index (κ1) is 12.7. The Bertz CT molecular complexity index is 465. The Balaban J connectivity index is 1.55. The molecule has 0 unspecified atom stereocenters. The van der Waals surface area contributed by atoms with Gasteiger partial charge in [-0.25, -0.2) is 0 Å². The molecule has 2 N–H and O–H groups in total. The summed E-state index contributed by atoms with van der Waals surface area (Å²) in [7, 11) is 0. The molecule has 20 heavy (non-hydrogen) atoms. The minimum absolute atomic E-state index is 0.611. The Labute approximate surface area is 121 Å². The van der Waals surface area contributed by atoms with E-state index in [2.05, 4.69) is 15.8 Å². The molecule has 1 aliphatic heterocycles. The minimum atomic E-state index is 0.611. The molecule has 4 nitrogen and oxygen atoms in total. The number of rotatable bonds is 4. The van der Waals surface area contributed by atoms with Crippen LogP contribution in [-0.2, 0) is 0 Å². The summed E-state index contributed by atoms with van der Waals surface area (Å²) in [5.74, 6) is 1.48. The minimum Gasteiger partial charge on any atom is -0.369 e. The quantitative estimate of drug-likeness (QED) is 0.918. The van der Waals surface area contributed by atoms with Crippen molar-refractivity contribution in [3.8, 4) is 0 Å². The maximum absolute atomic E-state index is 5.75. The van der Waals surface area contributed by atoms with Crippen LogP contribution in [0.25, 0.3) is 0 Å². The largest absolute Gasteiger partial charge is 0.369 e. The fourth-order valence-corrected chi connectivity index (χ4v) is 3.72. The van der Waals surface area contributed by atoms with Crippen molar-refractivity contribution >= 4 is 5.69 Å². The molecule has 1 aromatic rings. The highest BCUT2D eigenvalue weighted by molar-refractivity contribution is 5.52. The molecule has 4 heteroatoms. The van der Waals surface area contributed by atoms with Gasteiger partial charge in [-0.1, -0.05) is 0 Å². The van der Waals surface area contributed by atoms with Crippen molar-refractivity contribution in [1.82, 2.24) is 9.78 Å². The number of aromatic nitrogens is 2. The first-order chi connectivity index (χ1) is 9.85. The van der Waals surface area contributed by atoms with Gasteiger partial charge in [-0.3, -0.25) is 4.68 Å². The van der Waals surface area contributed by atoms with Gasteiger partial charge in [-0.2, -0.15) is 5.10 Å². The van der Waals surface area contributed by atoms with Crippen LogP contribution in [0.1, 0.15) is 62.6 Å². The van der Waals surface area contributed by atoms with E-state index in [1.165, 1.54) is 69.4 Å². The molecule has 0 bridgehead atoms. The van der Waals surface area contributed by atoms with E-state index >= 15 is 0 Å². The van der Waals surface area contributed by atoms with Crippen molar-refractivity contribution < 1.29 is 0 Å². The van der Waals surface area contributed by atoms with E-state index in [9.17, 15) is 0 Å². The van der Waals surface area contributed by atoms with Crippen LogP contribution in [0.4, 0.5) is 5.69 Å². The summed E-state index contributed by atoms with van der Waals surface area (Å²) < 4.78 is 2.27. The highest BCUT2D eigenvalue weighted by atomic mass is 15.3. The molecule has 0 radical (unpaired) electrons. The molecule has 0 spiro atoms. The molecule has 2 heterocycles. The summed E-state index contributed by atoms with van der Waals surface area (Å²) in [5.41, 5.74) is 8.59. The van der Waals surface area contributed by atoms with Gasteiger partial charge in [-0.05, 0) is 57.4 Å². The Morgan fingerprint density at radius 3 is 2.55 bits per heavy atom. The molecule has 4 rings (SSSR count). The number of nitrogens with two attached hydrogens (primary N) is 1. The van der Waals surface area contributed by atoms with Crippen LogP contribution in [0.15, 0.2) is 6.20 Å². The lowest BCUT2D eigenvalue weighted by Gasteiger charge is -2.34. The van der Waals surface area contributed by atoms with E-state index < -0.39 is 0 Å². The van der Waals surface area contributed by atoms with Crippen molar-refractivity contribution in [3.63, 3.8) is 0 Å². The summed E-state index contributed by atoms with van der Waals surface area (Å²) in [6, 6.07) is 0.611. The smallest absolute Gasteiger partial charge is 0.0888 e. The van der Waals surface area contributed by atoms with Crippen LogP contribution in [0.3, 0.4) is 0 Å². The van der Waals surface area contributed by atoms with Crippen LogP contribution in [0, 0.1) is 5.92 Å². The summed E-state index contributed by atoms with van der Waals surface area (Å²) in [5, 5.41) is 4.97. The van der Waals surface area contributed by atoms with Crippen LogP contribution in [-0.4, -0.2) is 29.4 Å². The molecule has 3 fully saturated rings. The summed E-state index contributed by atoms with van der Waals surface area (Å²) in [4.78, 5) is 2.58. The number of nitrogens with zero attached hydrogens (tertiary/aromatic N) is 3. The third-order valence-corrected chi connectivity index (χ3v) is 5.32. The standard InChI is InChI=1S/C16H26N4/c17-10-12-8-14(9-12)20-11-15(16(18-20)13-4-5-13)19-6-2-1-3-7-19/h11-14H,1-10,17H2. The summed E-state index contributed by atoms with van der Waals surface area (Å²) in [6.45, 7) is 3.29. The summed E-state index contributed by atoms with van der Waals surface area (Å²) >= 11 is 0. The van der Waals surface area contributed by atoms with Gasteiger partial charge in [-0.15, -0.1) is 0 Å². The van der Waals surface area contributed by atoms with Gasteiger partial charge in [0.15, 0.2) is 0 Å². The molecule has 110 valence electrons. The van der Waals surface area contributed by atoms with Gasteiger partial charge in [0.05, 0.1) is 17.4 Å². The highest BCUT2D eigenvalue weighted by Gasteiger charge is 2.35. The van der Waals surface area contributed by atoms with Gasteiger partial charge in [0, 0.05) is 25.2 Å². The normalized spacial score (nSPS) is 30.4. The Morgan fingerprint density at radius 2 is 1.90 bits per heavy atom. The summed E-state index contributed by atoms with van der Waals surface area (Å²) in [6.07, 6.45) is 11.5. The van der Waals surface area contributed by atoms with Crippen LogP contribution >= 0.6 is 0 Å². The predicted molar refractivity (Wildman–Crippen MR) is 81.1 cm³/mol. The van der Waals surface area contributed by atoms with Gasteiger partial charge in [0.2, 0.25) is 0 Å². The topological polar surface area (TPSA) is 47.1 Å². The second-order valence-corrected chi connectivity index (χ2v) is 6.93. The van der Waals surface area contributed by atoms with Crippen molar-refractivity contribution in [2.75, 3.05) is 24.5 Å². The van der Waals surface area contributed by atoms with Gasteiger partial charge < -0.3 is 10.6 Å². The Morgan fingerprint density at radius 1 is 1.15 bits per heavy atom. The van der Waals surface area contributed by atoms with Crippen molar-refractivity contribution in [2.45, 2.75) is 56.9 Å². The van der Waals surface area contributed by atoms with Crippen LogP contribution in [0.2, 0.25) is 0 Å². The molecule has 0 atom stereocenters. The molecule has 1 saturated heterocycles. The molecule has 2 aliphatic carbocycles. The van der Waals surface area contributed by atoms with E-state index in [-0.39, 0.29) is 0 Å². The first-order valence-electron chi connectivity index (χ1n) is 8.39. The zero-order chi connectivity index (χ0) is 13.5. The molecular formula is C16H26N4. The predicted octanol–water partition coefficient (Wildman–Crippen LogP) is 2.66. The third-order valence-electron chi connectivity index (χ3n) is 5.32. The molecule has 1 aromatic heterocycles. The average molecular weight is 274 g/mol. The van der Waals surface area contributed by atoms with Crippen molar-refractivity contribution in [1.29, 1.82) is 0 Å². The van der Waals surface area contributed by atoms with Gasteiger partial charge in [0.1, 0.15) is 0 Å². The van der Waals surface area contributed by atoms with E-state index in [0.29, 0.717) is 6.04 Å². The van der Waals surface area contributed by atoms with E-state index in [4.69, 9.17) is 10.8 Å². The van der Waals surface area contributed by atoms with Crippen molar-refractivity contribution in [2.24, 2.45) is 11.7 Å². The molecule has 0 amide bonds. The second-order valence-electron chi connectivity index (χ2n) is 6.93. The van der Waals surface area contributed by atoms with Crippen LogP contribution < -0.4 is 10.6 Å². The lowest BCUT2D eigenvalue weighted by Crippen LogP contribution is -2.32. The molecule has 2 saturated carbocycles. The molecule has 3 aliphatic rings. The van der Waals surface area contributed by atoms with E-state index in [1.807, 2.05) is 0 Å². The van der Waals surface area contributed by atoms with Crippen molar-refractivity contribution in [3.05, 3.63) is 11.9 Å². The number of piperidine rings is 1. The zero-order valence-electron chi connectivity index (χ0n) is 12.3. The molecular weight excluding hydrogens is 248 g/mol. The monoisotopic (exact) mass is 274 g/mol. The van der Waals surface area contributed by atoms with Gasteiger partial charge >= 0.3 is 0 Å². The third kappa shape index (κ3) is 2.24. The fourth-order valence-electron chi connectivity index (χ4n) is 3.72. The molecule has 0 aromatic carbocycles. The van der Waals surface area contributed by atoms with Gasteiger partial charge in [0.25, 0.3) is 0 Å². The zero-order valence-corrected chi connectivity index (χ0v) is 12.3. The van der Waals surface area contributed by atoms with E-state index in [1.54, 1.807) is 0 Å². The SMILES string of the molecule is NCC1CC(n2cc(N3CCCCC3)c(C3CC3)n2)C1. The second kappa shape index (κ2) is 5.06. The fraction of sp³-hybridized carbons (Fsp3) is 0.812. The lowest BCUT2D eigenvalue weighted by molar-refractivity contribution is 0.189. The highest BCUT2D eigenvalue weighted by Crippen LogP contribution is 2.46. The van der Waals surface area contributed by atoms with E-state index in [0.717, 1.165) is 18.4 Å². The first-order valence-corrected chi connectivity index (χ1v) is 8.39. The average Bonchev–Trinajstić information content (AvgIpc) is 3.19. The number of anilines is 1. The Kier molecular flexibility index (Phi) is 3.21. The number of hydrogen-bond acceptors (Lipinski definition) is 3. The maximum Gasteiger partial charge on any atom is 0.0888 e.